The van der Waals surface area contributed by atoms with Gasteiger partial charge in [-0.05, 0) is 68.8 Å². The van der Waals surface area contributed by atoms with Gasteiger partial charge in [-0.2, -0.15) is 0 Å². The third-order valence-electron chi connectivity index (χ3n) is 5.44. The summed E-state index contributed by atoms with van der Waals surface area (Å²) in [5.74, 6) is 0.370. The van der Waals surface area contributed by atoms with Crippen molar-refractivity contribution < 1.29 is 5.11 Å². The lowest BCUT2D eigenvalue weighted by molar-refractivity contribution is 0.0590. The number of aliphatic hydroxyl groups excluding tert-OH is 1. The lowest BCUT2D eigenvalue weighted by atomic mass is 9.90. The van der Waals surface area contributed by atoms with E-state index in [1.165, 1.54) is 17.0 Å². The van der Waals surface area contributed by atoms with E-state index < -0.39 is 0 Å². The van der Waals surface area contributed by atoms with Gasteiger partial charge in [0.15, 0.2) is 0 Å². The van der Waals surface area contributed by atoms with E-state index in [1.807, 2.05) is 22.2 Å². The number of likely N-dealkylation sites (tertiary alicyclic amines) is 1. The number of hydrogen-bond acceptors (Lipinski definition) is 5. The van der Waals surface area contributed by atoms with Gasteiger partial charge in [-0.25, -0.2) is 4.68 Å². The van der Waals surface area contributed by atoms with E-state index in [4.69, 9.17) is 0 Å². The number of piperidine rings is 1. The molecule has 6 nitrogen and oxygen atoms in total. The fourth-order valence-corrected chi connectivity index (χ4v) is 4.80. The van der Waals surface area contributed by atoms with Crippen LogP contribution in [0, 0.1) is 19.8 Å². The van der Waals surface area contributed by atoms with Gasteiger partial charge in [0.05, 0.1) is 6.10 Å². The number of rotatable bonds is 5. The number of hydrogen-bond donors (Lipinski definition) is 1. The van der Waals surface area contributed by atoms with Crippen LogP contribution in [0.15, 0.2) is 36.2 Å². The molecule has 0 spiro atoms. The molecule has 0 aromatic carbocycles. The predicted octanol–water partition coefficient (Wildman–Crippen LogP) is 3.01. The van der Waals surface area contributed by atoms with Crippen LogP contribution in [-0.4, -0.2) is 42.6 Å². The molecule has 3 aromatic heterocycles. The molecule has 1 saturated heterocycles. The van der Waals surface area contributed by atoms with Crippen LogP contribution >= 0.6 is 11.3 Å². The van der Waals surface area contributed by atoms with Crippen molar-refractivity contribution in [2.75, 3.05) is 13.1 Å². The molecule has 4 heterocycles. The number of aromatic nitrogens is 4. The molecule has 0 saturated carbocycles. The van der Waals surface area contributed by atoms with E-state index in [1.54, 1.807) is 24.0 Å². The van der Waals surface area contributed by atoms with Crippen LogP contribution in [0.2, 0.25) is 0 Å². The van der Waals surface area contributed by atoms with Gasteiger partial charge in [0.25, 0.3) is 0 Å². The van der Waals surface area contributed by atoms with Crippen molar-refractivity contribution in [1.29, 1.82) is 0 Å². The van der Waals surface area contributed by atoms with Crippen molar-refractivity contribution >= 4 is 11.3 Å². The zero-order valence-corrected chi connectivity index (χ0v) is 16.1. The van der Waals surface area contributed by atoms with E-state index in [2.05, 4.69) is 39.7 Å². The summed E-state index contributed by atoms with van der Waals surface area (Å²) in [6.07, 6.45) is 5.23. The molecule has 0 amide bonds. The average Bonchev–Trinajstić information content (AvgIpc) is 3.38. The molecule has 138 valence electrons. The Balaban J connectivity index is 1.40. The number of thiophene rings is 1. The van der Waals surface area contributed by atoms with Crippen LogP contribution in [0.4, 0.5) is 0 Å². The first-order valence-electron chi connectivity index (χ1n) is 9.10. The number of nitrogens with zero attached hydrogens (tertiary/aromatic N) is 5. The average molecular weight is 372 g/mol. The second kappa shape index (κ2) is 7.34. The highest BCUT2D eigenvalue weighted by Crippen LogP contribution is 2.33. The predicted molar refractivity (Wildman–Crippen MR) is 102 cm³/mol. The second-order valence-corrected chi connectivity index (χ2v) is 8.10. The Morgan fingerprint density at radius 2 is 1.96 bits per heavy atom. The number of aryl methyl sites for hydroxylation is 1. The summed E-state index contributed by atoms with van der Waals surface area (Å²) >= 11 is 1.65. The zero-order chi connectivity index (χ0) is 18.1. The van der Waals surface area contributed by atoms with Crippen LogP contribution in [0.1, 0.15) is 40.8 Å². The van der Waals surface area contributed by atoms with Crippen LogP contribution in [0.5, 0.6) is 0 Å². The minimum absolute atomic E-state index is 0.309. The quantitative estimate of drug-likeness (QED) is 0.749. The molecule has 1 N–H and O–H groups in total. The third kappa shape index (κ3) is 3.34. The topological polar surface area (TPSA) is 59.1 Å². The van der Waals surface area contributed by atoms with Crippen molar-refractivity contribution in [2.45, 2.75) is 39.3 Å². The monoisotopic (exact) mass is 371 g/mol. The van der Waals surface area contributed by atoms with Crippen LogP contribution in [0.3, 0.4) is 0 Å². The molecule has 0 aliphatic carbocycles. The standard InChI is InChI=1S/C19H25N5OS/c1-14-10-17(15(2)24(14)23-12-20-21-13-23)11-22-7-5-16(6-8-22)19(25)18-4-3-9-26-18/h3-4,9-10,12-13,16,19,25H,5-8,11H2,1-2H3/t19-/m1/s1. The van der Waals surface area contributed by atoms with Crippen molar-refractivity contribution in [1.82, 2.24) is 24.4 Å². The van der Waals surface area contributed by atoms with E-state index in [-0.39, 0.29) is 6.10 Å². The molecule has 1 fully saturated rings. The summed E-state index contributed by atoms with van der Waals surface area (Å²) in [5, 5.41) is 20.4. The Labute approximate surface area is 157 Å². The maximum absolute atomic E-state index is 10.6. The lowest BCUT2D eigenvalue weighted by Crippen LogP contribution is -2.35. The normalized spacial score (nSPS) is 17.7. The van der Waals surface area contributed by atoms with Crippen molar-refractivity contribution in [3.8, 4) is 0 Å². The Morgan fingerprint density at radius 3 is 2.62 bits per heavy atom. The molecule has 26 heavy (non-hydrogen) atoms. The van der Waals surface area contributed by atoms with Gasteiger partial charge in [-0.1, -0.05) is 6.07 Å². The van der Waals surface area contributed by atoms with Gasteiger partial charge in [0.1, 0.15) is 12.7 Å². The van der Waals surface area contributed by atoms with Gasteiger partial charge in [0.2, 0.25) is 0 Å². The van der Waals surface area contributed by atoms with Gasteiger partial charge in [-0.3, -0.25) is 9.58 Å². The van der Waals surface area contributed by atoms with Gasteiger partial charge < -0.3 is 5.11 Å². The van der Waals surface area contributed by atoms with Crippen LogP contribution in [-0.2, 0) is 6.54 Å². The number of aliphatic hydroxyl groups is 1. The lowest BCUT2D eigenvalue weighted by Gasteiger charge is -2.34. The summed E-state index contributed by atoms with van der Waals surface area (Å²) in [7, 11) is 0. The first-order valence-corrected chi connectivity index (χ1v) is 9.98. The summed E-state index contributed by atoms with van der Waals surface area (Å²) in [6, 6.07) is 6.31. The van der Waals surface area contributed by atoms with Crippen LogP contribution in [0.25, 0.3) is 0 Å². The highest BCUT2D eigenvalue weighted by atomic mass is 32.1. The fraction of sp³-hybridized carbons (Fsp3) is 0.474. The smallest absolute Gasteiger partial charge is 0.139 e. The molecular weight excluding hydrogens is 346 g/mol. The largest absolute Gasteiger partial charge is 0.387 e. The molecule has 1 atom stereocenters. The summed E-state index contributed by atoms with van der Waals surface area (Å²) in [6.45, 7) is 7.27. The van der Waals surface area contributed by atoms with Crippen molar-refractivity contribution in [2.24, 2.45) is 5.92 Å². The molecule has 1 aliphatic rings. The van der Waals surface area contributed by atoms with E-state index in [0.29, 0.717) is 5.92 Å². The minimum atomic E-state index is -0.309. The van der Waals surface area contributed by atoms with E-state index in [9.17, 15) is 5.11 Å². The first-order chi connectivity index (χ1) is 12.6. The summed E-state index contributed by atoms with van der Waals surface area (Å²) in [4.78, 5) is 3.59. The Kier molecular flexibility index (Phi) is 4.93. The highest BCUT2D eigenvalue weighted by Gasteiger charge is 2.27. The molecule has 0 bridgehead atoms. The highest BCUT2D eigenvalue weighted by molar-refractivity contribution is 7.10. The summed E-state index contributed by atoms with van der Waals surface area (Å²) < 4.78 is 4.06. The second-order valence-electron chi connectivity index (χ2n) is 7.12. The Bertz CT molecular complexity index is 832. The van der Waals surface area contributed by atoms with E-state index in [0.717, 1.165) is 37.4 Å². The van der Waals surface area contributed by atoms with Crippen molar-refractivity contribution in [3.63, 3.8) is 0 Å². The van der Waals surface area contributed by atoms with Crippen molar-refractivity contribution in [3.05, 3.63) is 58.1 Å². The molecule has 1 aliphatic heterocycles. The Morgan fingerprint density at radius 1 is 1.23 bits per heavy atom. The molecule has 4 rings (SSSR count). The molecule has 0 radical (unpaired) electrons. The van der Waals surface area contributed by atoms with Crippen LogP contribution < -0.4 is 0 Å². The summed E-state index contributed by atoms with van der Waals surface area (Å²) in [5.41, 5.74) is 3.75. The maximum atomic E-state index is 10.6. The SMILES string of the molecule is Cc1cc(CN2CCC([C@@H](O)c3cccs3)CC2)c(C)n1-n1cnnc1. The van der Waals surface area contributed by atoms with Gasteiger partial charge in [0, 0.05) is 22.8 Å². The van der Waals surface area contributed by atoms with E-state index >= 15 is 0 Å². The van der Waals surface area contributed by atoms with Gasteiger partial charge >= 0.3 is 0 Å². The minimum Gasteiger partial charge on any atom is -0.387 e. The molecule has 3 aromatic rings. The first kappa shape index (κ1) is 17.5. The molecule has 7 heteroatoms. The Hall–Kier alpha value is -1.96. The fourth-order valence-electron chi connectivity index (χ4n) is 3.99. The maximum Gasteiger partial charge on any atom is 0.139 e. The third-order valence-corrected chi connectivity index (χ3v) is 6.39. The zero-order valence-electron chi connectivity index (χ0n) is 15.2. The molecule has 0 unspecified atom stereocenters. The molecular formula is C19H25N5OS. The van der Waals surface area contributed by atoms with Gasteiger partial charge in [-0.15, -0.1) is 21.5 Å².